The summed E-state index contributed by atoms with van der Waals surface area (Å²) in [4.78, 5) is 13.8. The van der Waals surface area contributed by atoms with Crippen molar-refractivity contribution in [3.8, 4) is 0 Å². The van der Waals surface area contributed by atoms with Crippen LogP contribution in [0.15, 0.2) is 0 Å². The number of aromatic nitrogens is 4. The highest BCUT2D eigenvalue weighted by molar-refractivity contribution is 7.19. The van der Waals surface area contributed by atoms with E-state index in [1.165, 1.54) is 10.4 Å². The van der Waals surface area contributed by atoms with Gasteiger partial charge in [-0.15, -0.1) is 16.4 Å². The molecule has 0 aromatic carbocycles. The van der Waals surface area contributed by atoms with Gasteiger partial charge in [0.1, 0.15) is 10.7 Å². The Kier molecular flexibility index (Phi) is 5.37. The number of thiophene rings is 1. The van der Waals surface area contributed by atoms with Crippen LogP contribution in [0.3, 0.4) is 0 Å². The van der Waals surface area contributed by atoms with E-state index in [1.807, 2.05) is 16.3 Å². The molecule has 3 aromatic heterocycles. The van der Waals surface area contributed by atoms with E-state index < -0.39 is 12.2 Å². The minimum absolute atomic E-state index is 0.211. The molecule has 0 spiro atoms. The van der Waals surface area contributed by atoms with E-state index in [2.05, 4.69) is 13.8 Å². The van der Waals surface area contributed by atoms with Crippen molar-refractivity contribution in [1.82, 2.24) is 24.5 Å². The molecule has 9 heteroatoms. The van der Waals surface area contributed by atoms with Crippen molar-refractivity contribution in [3.05, 3.63) is 22.1 Å². The van der Waals surface area contributed by atoms with Crippen LogP contribution in [-0.2, 0) is 24.3 Å². The van der Waals surface area contributed by atoms with Crippen molar-refractivity contribution in [2.75, 3.05) is 13.1 Å². The maximum atomic E-state index is 9.80. The molecule has 0 unspecified atom stereocenters. The van der Waals surface area contributed by atoms with Crippen LogP contribution in [0.4, 0.5) is 0 Å². The summed E-state index contributed by atoms with van der Waals surface area (Å²) in [7, 11) is 0. The highest BCUT2D eigenvalue weighted by atomic mass is 32.1. The van der Waals surface area contributed by atoms with Gasteiger partial charge in [-0.1, -0.05) is 0 Å². The average Bonchev–Trinajstić information content (AvgIpc) is 3.13. The van der Waals surface area contributed by atoms with Crippen LogP contribution >= 0.6 is 11.3 Å². The van der Waals surface area contributed by atoms with E-state index in [0.29, 0.717) is 32.1 Å². The van der Waals surface area contributed by atoms with Crippen molar-refractivity contribution in [2.45, 2.75) is 72.0 Å². The second-order valence-corrected chi connectivity index (χ2v) is 9.81. The number of nitrogens with zero attached hydrogens (tertiary/aromatic N) is 5. The van der Waals surface area contributed by atoms with Crippen LogP contribution in [0, 0.1) is 6.92 Å². The first kappa shape index (κ1) is 20.6. The Morgan fingerprint density at radius 2 is 1.90 bits per heavy atom. The Bertz CT molecular complexity index is 1030. The fourth-order valence-corrected chi connectivity index (χ4v) is 5.15. The van der Waals surface area contributed by atoms with Gasteiger partial charge in [0.15, 0.2) is 11.5 Å². The molecule has 1 aliphatic rings. The molecule has 2 N–H and O–H groups in total. The normalized spacial score (nSPS) is 18.5. The predicted molar refractivity (Wildman–Crippen MR) is 112 cm³/mol. The van der Waals surface area contributed by atoms with Crippen LogP contribution in [0.2, 0.25) is 0 Å². The smallest absolute Gasteiger partial charge is 0.168 e. The average molecular weight is 420 g/mol. The molecule has 158 valence electrons. The highest BCUT2D eigenvalue weighted by Gasteiger charge is 2.31. The maximum Gasteiger partial charge on any atom is 0.168 e. The molecule has 2 atom stereocenters. The molecule has 0 saturated carbocycles. The van der Waals surface area contributed by atoms with Gasteiger partial charge in [-0.05, 0) is 40.2 Å². The van der Waals surface area contributed by atoms with Gasteiger partial charge in [-0.2, -0.15) is 4.52 Å². The lowest BCUT2D eigenvalue weighted by Gasteiger charge is -2.30. The van der Waals surface area contributed by atoms with Crippen molar-refractivity contribution in [2.24, 2.45) is 0 Å². The lowest BCUT2D eigenvalue weighted by atomic mass is 9.94. The van der Waals surface area contributed by atoms with Gasteiger partial charge in [0.2, 0.25) is 0 Å². The van der Waals surface area contributed by atoms with Gasteiger partial charge in [-0.25, -0.2) is 9.97 Å². The molecular weight excluding hydrogens is 390 g/mol. The largest absolute Gasteiger partial charge is 0.392 e. The number of aryl methyl sites for hydroxylation is 1. The quantitative estimate of drug-likeness (QED) is 0.631. The maximum absolute atomic E-state index is 9.80. The molecule has 0 aliphatic carbocycles. The van der Waals surface area contributed by atoms with Gasteiger partial charge < -0.3 is 14.9 Å². The number of hydrogen-bond acceptors (Lipinski definition) is 8. The van der Waals surface area contributed by atoms with Gasteiger partial charge in [0.25, 0.3) is 0 Å². The summed E-state index contributed by atoms with van der Waals surface area (Å²) in [5, 5.41) is 25.4. The number of hydrogen-bond donors (Lipinski definition) is 2. The van der Waals surface area contributed by atoms with Crippen molar-refractivity contribution in [3.63, 3.8) is 0 Å². The Labute approximate surface area is 174 Å². The van der Waals surface area contributed by atoms with Gasteiger partial charge in [0.05, 0.1) is 36.3 Å². The standard InChI is InChI=1S/C20H29N5O3S/c1-11(26)7-24(8-12(2)27)9-16-22-18-17-14-6-20(4,5)28-10-15(14)29-19(17)21-13(3)25(18)23-16/h11-12,26-27H,6-10H2,1-5H3/t11-,12-/m0/s1. The van der Waals surface area contributed by atoms with Crippen molar-refractivity contribution < 1.29 is 14.9 Å². The number of rotatable bonds is 6. The van der Waals surface area contributed by atoms with E-state index in [0.717, 1.165) is 28.1 Å². The third-order valence-electron chi connectivity index (χ3n) is 5.12. The lowest BCUT2D eigenvalue weighted by molar-refractivity contribution is -0.0379. The molecule has 0 radical (unpaired) electrons. The predicted octanol–water partition coefficient (Wildman–Crippen LogP) is 2.06. The first-order valence-corrected chi connectivity index (χ1v) is 10.8. The van der Waals surface area contributed by atoms with Crippen molar-refractivity contribution >= 4 is 27.2 Å². The molecule has 4 heterocycles. The van der Waals surface area contributed by atoms with E-state index in [9.17, 15) is 10.2 Å². The summed E-state index contributed by atoms with van der Waals surface area (Å²) in [6, 6.07) is 0. The van der Waals surface area contributed by atoms with Crippen LogP contribution in [0.1, 0.15) is 49.8 Å². The summed E-state index contributed by atoms with van der Waals surface area (Å²) < 4.78 is 7.80. The van der Waals surface area contributed by atoms with Crippen LogP contribution in [0.5, 0.6) is 0 Å². The van der Waals surface area contributed by atoms with E-state index in [1.54, 1.807) is 25.2 Å². The second kappa shape index (κ2) is 7.55. The zero-order chi connectivity index (χ0) is 20.9. The number of fused-ring (bicyclic) bond motifs is 5. The third-order valence-corrected chi connectivity index (χ3v) is 6.22. The Hall–Kier alpha value is -1.65. The number of aliphatic hydroxyl groups is 2. The molecule has 0 saturated heterocycles. The zero-order valence-electron chi connectivity index (χ0n) is 17.6. The molecule has 29 heavy (non-hydrogen) atoms. The zero-order valence-corrected chi connectivity index (χ0v) is 18.5. The molecule has 3 aromatic rings. The minimum atomic E-state index is -0.494. The summed E-state index contributed by atoms with van der Waals surface area (Å²) in [5.74, 6) is 1.46. The molecule has 8 nitrogen and oxygen atoms in total. The molecule has 0 bridgehead atoms. The molecule has 1 aliphatic heterocycles. The first-order valence-electron chi connectivity index (χ1n) is 10.0. The Morgan fingerprint density at radius 3 is 2.55 bits per heavy atom. The SMILES string of the molecule is Cc1nc2sc3c(c2c2nc(CN(C[C@H](C)O)C[C@H](C)O)nn12)CC(C)(C)OC3. The van der Waals surface area contributed by atoms with Crippen LogP contribution in [0.25, 0.3) is 15.9 Å². The minimum Gasteiger partial charge on any atom is -0.392 e. The summed E-state index contributed by atoms with van der Waals surface area (Å²) in [5.41, 5.74) is 1.88. The number of ether oxygens (including phenoxy) is 1. The van der Waals surface area contributed by atoms with Gasteiger partial charge >= 0.3 is 0 Å². The van der Waals surface area contributed by atoms with Gasteiger partial charge in [0, 0.05) is 24.4 Å². The van der Waals surface area contributed by atoms with E-state index in [4.69, 9.17) is 19.8 Å². The Balaban J connectivity index is 1.77. The fourth-order valence-electron chi connectivity index (χ4n) is 4.00. The van der Waals surface area contributed by atoms with Crippen LogP contribution in [-0.4, -0.2) is 65.6 Å². The Morgan fingerprint density at radius 1 is 1.21 bits per heavy atom. The monoisotopic (exact) mass is 419 g/mol. The van der Waals surface area contributed by atoms with E-state index in [-0.39, 0.29) is 5.60 Å². The summed E-state index contributed by atoms with van der Waals surface area (Å²) >= 11 is 1.68. The second-order valence-electron chi connectivity index (χ2n) is 8.72. The summed E-state index contributed by atoms with van der Waals surface area (Å²) in [6.07, 6.45) is -0.166. The topological polar surface area (TPSA) is 96.0 Å². The third kappa shape index (κ3) is 4.15. The first-order chi connectivity index (χ1) is 13.6. The fraction of sp³-hybridized carbons (Fsp3) is 0.650. The number of aliphatic hydroxyl groups excluding tert-OH is 2. The molecule has 4 rings (SSSR count). The molecule has 0 amide bonds. The molecular formula is C20H29N5O3S. The lowest BCUT2D eigenvalue weighted by Crippen LogP contribution is -2.36. The van der Waals surface area contributed by atoms with Crippen molar-refractivity contribution in [1.29, 1.82) is 0 Å². The summed E-state index contributed by atoms with van der Waals surface area (Å²) in [6.45, 7) is 11.6. The van der Waals surface area contributed by atoms with E-state index >= 15 is 0 Å². The highest BCUT2D eigenvalue weighted by Crippen LogP contribution is 2.39. The van der Waals surface area contributed by atoms with Gasteiger partial charge in [-0.3, -0.25) is 4.90 Å². The molecule has 0 fully saturated rings. The van der Waals surface area contributed by atoms with Crippen LogP contribution < -0.4 is 0 Å².